The highest BCUT2D eigenvalue weighted by atomic mass is 16.5. The van der Waals surface area contributed by atoms with Gasteiger partial charge in [-0.25, -0.2) is 4.79 Å². The molecule has 0 aromatic carbocycles. The number of morpholine rings is 1. The summed E-state index contributed by atoms with van der Waals surface area (Å²) in [7, 11) is 0. The SMILES string of the molecule is CCC(CC)NC(=O)NCCCN1CCOCC1. The van der Waals surface area contributed by atoms with E-state index in [-0.39, 0.29) is 6.03 Å². The van der Waals surface area contributed by atoms with E-state index in [1.54, 1.807) is 0 Å². The molecule has 18 heavy (non-hydrogen) atoms. The molecule has 0 aromatic heterocycles. The van der Waals surface area contributed by atoms with E-state index in [1.165, 1.54) is 0 Å². The molecule has 1 fully saturated rings. The molecule has 5 heteroatoms. The highest BCUT2D eigenvalue weighted by molar-refractivity contribution is 5.74. The monoisotopic (exact) mass is 257 g/mol. The summed E-state index contributed by atoms with van der Waals surface area (Å²) in [6.07, 6.45) is 2.96. The highest BCUT2D eigenvalue weighted by Crippen LogP contribution is 1.98. The van der Waals surface area contributed by atoms with Crippen LogP contribution in [0.25, 0.3) is 0 Å². The first-order chi connectivity index (χ1) is 8.76. The molecule has 0 atom stereocenters. The van der Waals surface area contributed by atoms with Crippen LogP contribution in [0.15, 0.2) is 0 Å². The summed E-state index contributed by atoms with van der Waals surface area (Å²) in [5.41, 5.74) is 0. The second-order valence-corrected chi connectivity index (χ2v) is 4.72. The van der Waals surface area contributed by atoms with Gasteiger partial charge in [0.05, 0.1) is 13.2 Å². The van der Waals surface area contributed by atoms with Crippen LogP contribution < -0.4 is 10.6 Å². The van der Waals surface area contributed by atoms with Crippen LogP contribution in [-0.4, -0.2) is 56.4 Å². The Kier molecular flexibility index (Phi) is 7.76. The lowest BCUT2D eigenvalue weighted by molar-refractivity contribution is 0.0375. The maximum atomic E-state index is 11.6. The highest BCUT2D eigenvalue weighted by Gasteiger charge is 2.10. The van der Waals surface area contributed by atoms with Crippen LogP contribution >= 0.6 is 0 Å². The van der Waals surface area contributed by atoms with Crippen LogP contribution in [0.4, 0.5) is 4.79 Å². The van der Waals surface area contributed by atoms with Crippen molar-refractivity contribution in [3.05, 3.63) is 0 Å². The predicted molar refractivity (Wildman–Crippen MR) is 72.8 cm³/mol. The van der Waals surface area contributed by atoms with Crippen molar-refractivity contribution in [2.24, 2.45) is 0 Å². The van der Waals surface area contributed by atoms with Gasteiger partial charge in [-0.05, 0) is 25.8 Å². The Morgan fingerprint density at radius 2 is 1.94 bits per heavy atom. The molecule has 1 aliphatic heterocycles. The molecule has 0 unspecified atom stereocenters. The zero-order valence-electron chi connectivity index (χ0n) is 11.7. The first kappa shape index (κ1) is 15.2. The standard InChI is InChI=1S/C13H27N3O2/c1-3-12(4-2)15-13(17)14-6-5-7-16-8-10-18-11-9-16/h12H,3-11H2,1-2H3,(H2,14,15,17). The molecule has 1 rings (SSSR count). The van der Waals surface area contributed by atoms with Crippen molar-refractivity contribution in [1.29, 1.82) is 0 Å². The maximum absolute atomic E-state index is 11.6. The van der Waals surface area contributed by atoms with Crippen molar-refractivity contribution in [2.45, 2.75) is 39.2 Å². The summed E-state index contributed by atoms with van der Waals surface area (Å²) >= 11 is 0. The Labute approximate surface area is 110 Å². The Bertz CT molecular complexity index is 226. The third-order valence-corrected chi connectivity index (χ3v) is 3.36. The topological polar surface area (TPSA) is 53.6 Å². The van der Waals surface area contributed by atoms with Gasteiger partial charge in [-0.3, -0.25) is 4.90 Å². The van der Waals surface area contributed by atoms with Gasteiger partial charge < -0.3 is 15.4 Å². The van der Waals surface area contributed by atoms with Gasteiger partial charge >= 0.3 is 6.03 Å². The predicted octanol–water partition coefficient (Wildman–Crippen LogP) is 1.20. The Hall–Kier alpha value is -0.810. The lowest BCUT2D eigenvalue weighted by atomic mass is 10.2. The van der Waals surface area contributed by atoms with Crippen molar-refractivity contribution >= 4 is 6.03 Å². The molecular formula is C13H27N3O2. The van der Waals surface area contributed by atoms with Gasteiger partial charge in [-0.15, -0.1) is 0 Å². The van der Waals surface area contributed by atoms with E-state index in [0.717, 1.165) is 58.7 Å². The molecule has 5 nitrogen and oxygen atoms in total. The third kappa shape index (κ3) is 6.21. The number of nitrogens with zero attached hydrogens (tertiary/aromatic N) is 1. The van der Waals surface area contributed by atoms with Gasteiger partial charge in [0, 0.05) is 25.7 Å². The summed E-state index contributed by atoms with van der Waals surface area (Å²) in [6, 6.07) is 0.259. The fourth-order valence-corrected chi connectivity index (χ4v) is 2.06. The second-order valence-electron chi connectivity index (χ2n) is 4.72. The van der Waals surface area contributed by atoms with Gasteiger partial charge in [-0.2, -0.15) is 0 Å². The molecule has 2 N–H and O–H groups in total. The van der Waals surface area contributed by atoms with Crippen LogP contribution in [-0.2, 0) is 4.74 Å². The molecule has 0 spiro atoms. The smallest absolute Gasteiger partial charge is 0.315 e. The van der Waals surface area contributed by atoms with Crippen molar-refractivity contribution in [1.82, 2.24) is 15.5 Å². The van der Waals surface area contributed by atoms with Crippen LogP contribution in [0.3, 0.4) is 0 Å². The normalized spacial score (nSPS) is 16.8. The molecular weight excluding hydrogens is 230 g/mol. The number of hydrogen-bond donors (Lipinski definition) is 2. The zero-order valence-corrected chi connectivity index (χ0v) is 11.7. The average Bonchev–Trinajstić information content (AvgIpc) is 2.42. The largest absolute Gasteiger partial charge is 0.379 e. The number of carbonyl (C=O) groups excluding carboxylic acids is 1. The first-order valence-corrected chi connectivity index (χ1v) is 7.10. The third-order valence-electron chi connectivity index (χ3n) is 3.36. The first-order valence-electron chi connectivity index (χ1n) is 7.10. The number of urea groups is 1. The van der Waals surface area contributed by atoms with Crippen LogP contribution in [0, 0.1) is 0 Å². The molecule has 106 valence electrons. The van der Waals surface area contributed by atoms with Crippen molar-refractivity contribution < 1.29 is 9.53 Å². The number of ether oxygens (including phenoxy) is 1. The lowest BCUT2D eigenvalue weighted by Gasteiger charge is -2.26. The van der Waals surface area contributed by atoms with Crippen molar-refractivity contribution in [2.75, 3.05) is 39.4 Å². The molecule has 0 radical (unpaired) electrons. The van der Waals surface area contributed by atoms with Gasteiger partial charge in [0.2, 0.25) is 0 Å². The van der Waals surface area contributed by atoms with E-state index < -0.39 is 0 Å². The molecule has 1 aliphatic rings. The maximum Gasteiger partial charge on any atom is 0.315 e. The summed E-state index contributed by atoms with van der Waals surface area (Å²) in [6.45, 7) is 9.66. The molecule has 1 heterocycles. The summed E-state index contributed by atoms with van der Waals surface area (Å²) in [5.74, 6) is 0. The Balaban J connectivity index is 2.01. The van der Waals surface area contributed by atoms with Crippen LogP contribution in [0.5, 0.6) is 0 Å². The fraction of sp³-hybridized carbons (Fsp3) is 0.923. The van der Waals surface area contributed by atoms with E-state index in [2.05, 4.69) is 29.4 Å². The molecule has 0 bridgehead atoms. The van der Waals surface area contributed by atoms with E-state index in [9.17, 15) is 4.79 Å². The number of carbonyl (C=O) groups is 1. The summed E-state index contributed by atoms with van der Waals surface area (Å²) in [4.78, 5) is 13.9. The molecule has 2 amide bonds. The fourth-order valence-electron chi connectivity index (χ4n) is 2.06. The van der Waals surface area contributed by atoms with Crippen molar-refractivity contribution in [3.8, 4) is 0 Å². The number of nitrogens with one attached hydrogen (secondary N) is 2. The molecule has 0 saturated carbocycles. The zero-order chi connectivity index (χ0) is 13.2. The van der Waals surface area contributed by atoms with E-state index in [1.807, 2.05) is 0 Å². The van der Waals surface area contributed by atoms with Crippen molar-refractivity contribution in [3.63, 3.8) is 0 Å². The van der Waals surface area contributed by atoms with Gasteiger partial charge in [0.1, 0.15) is 0 Å². The van der Waals surface area contributed by atoms with Crippen LogP contribution in [0.2, 0.25) is 0 Å². The van der Waals surface area contributed by atoms with E-state index in [4.69, 9.17) is 4.74 Å². The summed E-state index contributed by atoms with van der Waals surface area (Å²) in [5, 5.41) is 5.88. The number of hydrogen-bond acceptors (Lipinski definition) is 3. The number of rotatable bonds is 7. The summed E-state index contributed by atoms with van der Waals surface area (Å²) < 4.78 is 5.29. The van der Waals surface area contributed by atoms with Crippen LogP contribution in [0.1, 0.15) is 33.1 Å². The molecule has 0 aromatic rings. The minimum absolute atomic E-state index is 0.0364. The van der Waals surface area contributed by atoms with Gasteiger partial charge in [-0.1, -0.05) is 13.8 Å². The van der Waals surface area contributed by atoms with E-state index in [0.29, 0.717) is 6.04 Å². The average molecular weight is 257 g/mol. The lowest BCUT2D eigenvalue weighted by Crippen LogP contribution is -2.43. The van der Waals surface area contributed by atoms with Gasteiger partial charge in [0.15, 0.2) is 0 Å². The minimum atomic E-state index is -0.0364. The Morgan fingerprint density at radius 1 is 1.28 bits per heavy atom. The Morgan fingerprint density at radius 3 is 2.56 bits per heavy atom. The quantitative estimate of drug-likeness (QED) is 0.674. The minimum Gasteiger partial charge on any atom is -0.379 e. The molecule has 0 aliphatic carbocycles. The van der Waals surface area contributed by atoms with Gasteiger partial charge in [0.25, 0.3) is 0 Å². The number of amides is 2. The molecule has 1 saturated heterocycles. The van der Waals surface area contributed by atoms with E-state index >= 15 is 0 Å². The second kappa shape index (κ2) is 9.16.